The first-order valence-electron chi connectivity index (χ1n) is 13.2. The molecule has 1 amide bonds. The maximum Gasteiger partial charge on any atom is 0.260 e. The summed E-state index contributed by atoms with van der Waals surface area (Å²) in [5, 5.41) is 0.567. The maximum absolute atomic E-state index is 13.8. The van der Waals surface area contributed by atoms with Crippen molar-refractivity contribution in [1.29, 1.82) is 0 Å². The second-order valence-corrected chi connectivity index (χ2v) is 13.1. The van der Waals surface area contributed by atoms with Gasteiger partial charge in [0.25, 0.3) is 5.91 Å². The first-order chi connectivity index (χ1) is 18.6. The predicted molar refractivity (Wildman–Crippen MR) is 156 cm³/mol. The van der Waals surface area contributed by atoms with Gasteiger partial charge in [0.2, 0.25) is 10.0 Å². The number of methoxy groups -OCH3 is 2. The minimum Gasteiger partial charge on any atom is -1.00 e. The standard InChI is InChI=1S/C28H38N4O5S2.ClH/c1-30(2)16-9-17-32(28-29-23-18-24(36-4)25(37-5)19-26(23)38-28)27(33)20-12-14-22(15-13-20)39(34,35)31(3)21-10-7-6-8-11-21;/h12-15,18-19,21H,6-11,16-17H2,1-5H3;1H/p-1. The molecule has 9 nitrogen and oxygen atoms in total. The Bertz CT molecular complexity index is 1350. The van der Waals surface area contributed by atoms with Crippen LogP contribution in [0.1, 0.15) is 48.9 Å². The molecule has 0 spiro atoms. The topological polar surface area (TPSA) is 92.3 Å². The van der Waals surface area contributed by atoms with Gasteiger partial charge in [-0.05, 0) is 64.2 Å². The highest BCUT2D eigenvalue weighted by atomic mass is 35.5. The number of ether oxygens (including phenoxy) is 2. The molecule has 1 heterocycles. The van der Waals surface area contributed by atoms with Crippen molar-refractivity contribution in [2.75, 3.05) is 53.4 Å². The second-order valence-electron chi connectivity index (χ2n) is 10.1. The molecule has 12 heteroatoms. The van der Waals surface area contributed by atoms with E-state index in [0.29, 0.717) is 34.3 Å². The van der Waals surface area contributed by atoms with Gasteiger partial charge >= 0.3 is 0 Å². The molecule has 1 aliphatic carbocycles. The quantitative estimate of drug-likeness (QED) is 0.328. The number of aromatic nitrogens is 1. The molecule has 0 bridgehead atoms. The highest BCUT2D eigenvalue weighted by Crippen LogP contribution is 2.38. The lowest BCUT2D eigenvalue weighted by Crippen LogP contribution is -3.00. The molecule has 40 heavy (non-hydrogen) atoms. The van der Waals surface area contributed by atoms with Crippen LogP contribution < -0.4 is 26.8 Å². The third-order valence-electron chi connectivity index (χ3n) is 7.21. The number of hydrogen-bond donors (Lipinski definition) is 0. The van der Waals surface area contributed by atoms with E-state index in [9.17, 15) is 13.2 Å². The zero-order valence-electron chi connectivity index (χ0n) is 23.7. The first kappa shape index (κ1) is 32.1. The summed E-state index contributed by atoms with van der Waals surface area (Å²) in [7, 11) is 5.16. The van der Waals surface area contributed by atoms with E-state index in [1.807, 2.05) is 20.2 Å². The molecule has 3 aromatic rings. The van der Waals surface area contributed by atoms with Crippen LogP contribution in [-0.4, -0.2) is 83.0 Å². The molecule has 1 saturated carbocycles. The molecule has 1 fully saturated rings. The molecule has 4 rings (SSSR count). The summed E-state index contributed by atoms with van der Waals surface area (Å²) >= 11 is 1.41. The number of sulfonamides is 1. The van der Waals surface area contributed by atoms with Crippen LogP contribution in [0.5, 0.6) is 11.5 Å². The largest absolute Gasteiger partial charge is 1.00 e. The van der Waals surface area contributed by atoms with Crippen molar-refractivity contribution < 1.29 is 35.1 Å². The van der Waals surface area contributed by atoms with Gasteiger partial charge in [-0.3, -0.25) is 9.69 Å². The van der Waals surface area contributed by atoms with E-state index >= 15 is 0 Å². The van der Waals surface area contributed by atoms with Crippen molar-refractivity contribution in [3.63, 3.8) is 0 Å². The van der Waals surface area contributed by atoms with E-state index in [1.165, 1.54) is 27.8 Å². The zero-order chi connectivity index (χ0) is 28.2. The third-order valence-corrected chi connectivity index (χ3v) is 10.2. The molecule has 0 aliphatic heterocycles. The average Bonchev–Trinajstić information content (AvgIpc) is 3.36. The Kier molecular flexibility index (Phi) is 11.2. The van der Waals surface area contributed by atoms with Crippen molar-refractivity contribution in [2.24, 2.45) is 0 Å². The minimum absolute atomic E-state index is 0. The highest BCUT2D eigenvalue weighted by molar-refractivity contribution is 7.89. The van der Waals surface area contributed by atoms with Gasteiger partial charge in [-0.2, -0.15) is 4.31 Å². The van der Waals surface area contributed by atoms with Crippen LogP contribution in [0.25, 0.3) is 10.2 Å². The van der Waals surface area contributed by atoms with Crippen LogP contribution in [0.4, 0.5) is 5.13 Å². The van der Waals surface area contributed by atoms with Gasteiger partial charge in [0.15, 0.2) is 16.6 Å². The summed E-state index contributed by atoms with van der Waals surface area (Å²) in [5.74, 6) is 0.944. The number of thiazole rings is 1. The average molecular weight is 610 g/mol. The zero-order valence-corrected chi connectivity index (χ0v) is 26.1. The number of anilines is 1. The molecule has 0 saturated heterocycles. The van der Waals surface area contributed by atoms with Crippen molar-refractivity contribution in [3.05, 3.63) is 42.0 Å². The summed E-state index contributed by atoms with van der Waals surface area (Å²) in [6, 6.07) is 9.96. The Morgan fingerprint density at radius 1 is 0.975 bits per heavy atom. The van der Waals surface area contributed by atoms with Gasteiger partial charge < -0.3 is 26.8 Å². The van der Waals surface area contributed by atoms with Gasteiger partial charge in [-0.15, -0.1) is 0 Å². The van der Waals surface area contributed by atoms with E-state index in [2.05, 4.69) is 4.90 Å². The number of rotatable bonds is 11. The monoisotopic (exact) mass is 609 g/mol. The smallest absolute Gasteiger partial charge is 0.260 e. The van der Waals surface area contributed by atoms with Crippen molar-refractivity contribution >= 4 is 42.6 Å². The molecule has 220 valence electrons. The lowest BCUT2D eigenvalue weighted by atomic mass is 9.96. The van der Waals surface area contributed by atoms with E-state index in [-0.39, 0.29) is 29.3 Å². The molecule has 1 aliphatic rings. The second kappa shape index (κ2) is 14.0. The molecule has 0 unspecified atom stereocenters. The Morgan fingerprint density at radius 2 is 1.60 bits per heavy atom. The van der Waals surface area contributed by atoms with Crippen molar-refractivity contribution in [1.82, 2.24) is 14.2 Å². The van der Waals surface area contributed by atoms with E-state index in [0.717, 1.165) is 49.8 Å². The van der Waals surface area contributed by atoms with Gasteiger partial charge in [0, 0.05) is 37.3 Å². The Balaban J connectivity index is 0.00000441. The third kappa shape index (κ3) is 7.06. The normalized spacial score (nSPS) is 14.4. The van der Waals surface area contributed by atoms with Crippen LogP contribution in [0.15, 0.2) is 41.3 Å². The van der Waals surface area contributed by atoms with Crippen LogP contribution in [-0.2, 0) is 10.0 Å². The highest BCUT2D eigenvalue weighted by Gasteiger charge is 2.29. The molecule has 0 radical (unpaired) electrons. The number of carbonyl (C=O) groups is 1. The lowest BCUT2D eigenvalue weighted by molar-refractivity contribution is -0.0000188. The van der Waals surface area contributed by atoms with Crippen LogP contribution in [0.2, 0.25) is 0 Å². The van der Waals surface area contributed by atoms with Gasteiger partial charge in [-0.1, -0.05) is 30.6 Å². The number of amides is 1. The Morgan fingerprint density at radius 3 is 2.20 bits per heavy atom. The van der Waals surface area contributed by atoms with E-state index in [4.69, 9.17) is 14.5 Å². The molecule has 1 aromatic heterocycles. The van der Waals surface area contributed by atoms with Crippen molar-refractivity contribution in [3.8, 4) is 11.5 Å². The van der Waals surface area contributed by atoms with E-state index in [1.54, 1.807) is 44.4 Å². The fourth-order valence-corrected chi connectivity index (χ4v) is 7.34. The molecular weight excluding hydrogens is 572 g/mol. The Hall–Kier alpha value is -2.44. The van der Waals surface area contributed by atoms with Gasteiger partial charge in [0.05, 0.1) is 29.3 Å². The summed E-state index contributed by atoms with van der Waals surface area (Å²) in [6.45, 7) is 1.27. The fraction of sp³-hybridized carbons (Fsp3) is 0.500. The number of nitrogens with zero attached hydrogens (tertiary/aromatic N) is 4. The number of halogens is 1. The first-order valence-corrected chi connectivity index (χ1v) is 15.5. The van der Waals surface area contributed by atoms with Gasteiger partial charge in [-0.25, -0.2) is 13.4 Å². The summed E-state index contributed by atoms with van der Waals surface area (Å²) in [6.07, 6.45) is 5.77. The summed E-state index contributed by atoms with van der Waals surface area (Å²) in [4.78, 5) is 22.4. The van der Waals surface area contributed by atoms with Crippen LogP contribution >= 0.6 is 11.3 Å². The number of fused-ring (bicyclic) bond motifs is 1. The number of carbonyl (C=O) groups excluding carboxylic acids is 1. The molecule has 0 atom stereocenters. The number of hydrogen-bond acceptors (Lipinski definition) is 8. The lowest BCUT2D eigenvalue weighted by Gasteiger charge is -2.30. The van der Waals surface area contributed by atoms with E-state index < -0.39 is 10.0 Å². The summed E-state index contributed by atoms with van der Waals surface area (Å²) in [5.41, 5.74) is 1.12. The SMILES string of the molecule is COc1cc2nc(N(CCCN(C)C)C(=O)c3ccc(S(=O)(=O)N(C)C4CCCCC4)cc3)sc2cc1OC.[Cl-]. The Labute approximate surface area is 247 Å². The predicted octanol–water partition coefficient (Wildman–Crippen LogP) is 1.87. The molecular formula is C28H38ClN4O5S2-. The minimum atomic E-state index is -3.64. The number of benzene rings is 2. The van der Waals surface area contributed by atoms with Gasteiger partial charge in [0.1, 0.15) is 0 Å². The summed E-state index contributed by atoms with van der Waals surface area (Å²) < 4.78 is 39.8. The fourth-order valence-electron chi connectivity index (χ4n) is 4.92. The van der Waals surface area contributed by atoms with Crippen molar-refractivity contribution in [2.45, 2.75) is 49.5 Å². The van der Waals surface area contributed by atoms with Crippen LogP contribution in [0, 0.1) is 0 Å². The molecule has 0 N–H and O–H groups in total. The maximum atomic E-state index is 13.8. The molecule has 2 aromatic carbocycles. The van der Waals surface area contributed by atoms with Crippen LogP contribution in [0.3, 0.4) is 0 Å².